The number of sulfonamides is 1. The molecule has 0 aromatic heterocycles. The first-order valence-corrected chi connectivity index (χ1v) is 15.6. The van der Waals surface area contributed by atoms with Gasteiger partial charge >= 0.3 is 0 Å². The molecule has 39 heavy (non-hydrogen) atoms. The van der Waals surface area contributed by atoms with Gasteiger partial charge in [-0.1, -0.05) is 49.7 Å². The van der Waals surface area contributed by atoms with E-state index in [1.807, 2.05) is 6.92 Å². The molecule has 4 rings (SSSR count). The van der Waals surface area contributed by atoms with Gasteiger partial charge in [-0.05, 0) is 86.9 Å². The number of fused-ring (bicyclic) bond motifs is 1. The molecule has 1 unspecified atom stereocenters. The number of amides is 2. The van der Waals surface area contributed by atoms with E-state index in [0.717, 1.165) is 56.3 Å². The van der Waals surface area contributed by atoms with Crippen LogP contribution < -0.4 is 16.0 Å². The maximum Gasteiger partial charge on any atom is 0.243 e. The van der Waals surface area contributed by atoms with Crippen LogP contribution in [0.1, 0.15) is 67.8 Å². The summed E-state index contributed by atoms with van der Waals surface area (Å²) in [6.07, 6.45) is 4.64. The monoisotopic (exact) mass is 554 g/mol. The molecule has 2 aliphatic rings. The SMILES string of the molecule is Cc1ccc(S(=O)(=O)N2CCNC(=O)C2CC(=O)N[C@@H]2CCCc3cc(CCCNCC(C)C)ccc32)cc1. The zero-order valence-corrected chi connectivity index (χ0v) is 24.1. The number of piperazine rings is 1. The molecular weight excluding hydrogens is 512 g/mol. The van der Waals surface area contributed by atoms with E-state index in [2.05, 4.69) is 48.0 Å². The van der Waals surface area contributed by atoms with Gasteiger partial charge in [0.15, 0.2) is 0 Å². The van der Waals surface area contributed by atoms with Gasteiger partial charge in [0, 0.05) is 13.1 Å². The highest BCUT2D eigenvalue weighted by Crippen LogP contribution is 2.31. The number of carbonyl (C=O) groups is 2. The highest BCUT2D eigenvalue weighted by atomic mass is 32.2. The number of carbonyl (C=O) groups excluding carboxylic acids is 2. The summed E-state index contributed by atoms with van der Waals surface area (Å²) in [5.74, 6) is -0.114. The number of hydrogen-bond donors (Lipinski definition) is 3. The van der Waals surface area contributed by atoms with Crippen molar-refractivity contribution in [3.05, 3.63) is 64.7 Å². The minimum absolute atomic E-state index is 0.126. The lowest BCUT2D eigenvalue weighted by atomic mass is 9.86. The third kappa shape index (κ3) is 7.47. The van der Waals surface area contributed by atoms with E-state index in [1.165, 1.54) is 15.4 Å². The predicted molar refractivity (Wildman–Crippen MR) is 153 cm³/mol. The van der Waals surface area contributed by atoms with Gasteiger partial charge in [0.2, 0.25) is 21.8 Å². The molecule has 1 saturated heterocycles. The van der Waals surface area contributed by atoms with Crippen molar-refractivity contribution in [2.45, 2.75) is 76.3 Å². The standard InChI is InChI=1S/C30H42N4O4S/c1-21(2)20-31-15-5-6-23-11-14-26-24(18-23)7-4-8-27(26)33-29(35)19-28-30(36)32-16-17-34(28)39(37,38)25-12-9-22(3)10-13-25/h9-14,18,21,27-28,31H,4-8,15-17,19-20H2,1-3H3,(H,32,36)(H,33,35)/t27-,28?/m1/s1. The Hall–Kier alpha value is -2.75. The quantitative estimate of drug-likeness (QED) is 0.370. The summed E-state index contributed by atoms with van der Waals surface area (Å²) in [6, 6.07) is 11.9. The number of benzene rings is 2. The third-order valence-electron chi connectivity index (χ3n) is 7.52. The molecule has 3 N–H and O–H groups in total. The molecule has 0 saturated carbocycles. The van der Waals surface area contributed by atoms with Crippen LogP contribution in [0.4, 0.5) is 0 Å². The molecule has 1 fully saturated rings. The average molecular weight is 555 g/mol. The zero-order valence-electron chi connectivity index (χ0n) is 23.3. The molecule has 2 aromatic rings. The highest BCUT2D eigenvalue weighted by Gasteiger charge is 2.40. The number of nitrogens with one attached hydrogen (secondary N) is 3. The van der Waals surface area contributed by atoms with E-state index in [9.17, 15) is 18.0 Å². The molecule has 0 radical (unpaired) electrons. The molecule has 1 heterocycles. The zero-order chi connectivity index (χ0) is 28.0. The first-order chi connectivity index (χ1) is 18.6. The van der Waals surface area contributed by atoms with Crippen molar-refractivity contribution in [1.82, 2.24) is 20.3 Å². The normalized spacial score (nSPS) is 19.9. The molecule has 9 heteroatoms. The largest absolute Gasteiger partial charge is 0.353 e. The summed E-state index contributed by atoms with van der Waals surface area (Å²) in [7, 11) is -3.92. The number of aryl methyl sites for hydroxylation is 3. The van der Waals surface area contributed by atoms with Crippen molar-refractivity contribution in [3.63, 3.8) is 0 Å². The molecule has 1 aliphatic carbocycles. The van der Waals surface area contributed by atoms with Gasteiger partial charge in [0.1, 0.15) is 6.04 Å². The van der Waals surface area contributed by atoms with Crippen LogP contribution in [0.5, 0.6) is 0 Å². The fraction of sp³-hybridized carbons (Fsp3) is 0.533. The Morgan fingerprint density at radius 2 is 1.92 bits per heavy atom. The average Bonchev–Trinajstić information content (AvgIpc) is 2.89. The Labute approximate surface area is 233 Å². The van der Waals surface area contributed by atoms with Gasteiger partial charge < -0.3 is 16.0 Å². The van der Waals surface area contributed by atoms with E-state index in [4.69, 9.17) is 0 Å². The topological polar surface area (TPSA) is 108 Å². The Kier molecular flexibility index (Phi) is 9.80. The summed E-state index contributed by atoms with van der Waals surface area (Å²) >= 11 is 0. The van der Waals surface area contributed by atoms with Crippen LogP contribution in [0.3, 0.4) is 0 Å². The van der Waals surface area contributed by atoms with E-state index in [0.29, 0.717) is 5.92 Å². The van der Waals surface area contributed by atoms with Crippen molar-refractivity contribution in [2.75, 3.05) is 26.2 Å². The molecule has 1 aliphatic heterocycles. The van der Waals surface area contributed by atoms with Crippen LogP contribution in [0.25, 0.3) is 0 Å². The van der Waals surface area contributed by atoms with E-state index >= 15 is 0 Å². The van der Waals surface area contributed by atoms with Crippen molar-refractivity contribution >= 4 is 21.8 Å². The van der Waals surface area contributed by atoms with Crippen molar-refractivity contribution in [1.29, 1.82) is 0 Å². The maximum atomic E-state index is 13.4. The van der Waals surface area contributed by atoms with Gasteiger partial charge in [-0.25, -0.2) is 8.42 Å². The van der Waals surface area contributed by atoms with E-state index < -0.39 is 22.0 Å². The fourth-order valence-corrected chi connectivity index (χ4v) is 7.02. The summed E-state index contributed by atoms with van der Waals surface area (Å²) in [6.45, 7) is 8.67. The first kappa shape index (κ1) is 29.2. The Balaban J connectivity index is 1.40. The minimum Gasteiger partial charge on any atom is -0.353 e. The van der Waals surface area contributed by atoms with Gasteiger partial charge in [-0.2, -0.15) is 4.31 Å². The van der Waals surface area contributed by atoms with Gasteiger partial charge in [-0.3, -0.25) is 9.59 Å². The van der Waals surface area contributed by atoms with Gasteiger partial charge in [0.25, 0.3) is 0 Å². The molecule has 212 valence electrons. The lowest BCUT2D eigenvalue weighted by Crippen LogP contribution is -2.58. The van der Waals surface area contributed by atoms with Crippen LogP contribution in [0.2, 0.25) is 0 Å². The second kappa shape index (κ2) is 13.1. The summed E-state index contributed by atoms with van der Waals surface area (Å²) < 4.78 is 27.9. The smallest absolute Gasteiger partial charge is 0.243 e. The summed E-state index contributed by atoms with van der Waals surface area (Å²) in [4.78, 5) is 26.1. The van der Waals surface area contributed by atoms with Crippen LogP contribution in [0.15, 0.2) is 47.4 Å². The van der Waals surface area contributed by atoms with Crippen LogP contribution >= 0.6 is 0 Å². The highest BCUT2D eigenvalue weighted by molar-refractivity contribution is 7.89. The molecule has 2 atom stereocenters. The minimum atomic E-state index is -3.92. The fourth-order valence-electron chi connectivity index (χ4n) is 5.43. The Bertz CT molecular complexity index is 1260. The maximum absolute atomic E-state index is 13.4. The van der Waals surface area contributed by atoms with Crippen LogP contribution in [-0.4, -0.2) is 56.8 Å². The van der Waals surface area contributed by atoms with Crippen molar-refractivity contribution in [3.8, 4) is 0 Å². The number of hydrogen-bond acceptors (Lipinski definition) is 5. The predicted octanol–water partition coefficient (Wildman–Crippen LogP) is 3.25. The van der Waals surface area contributed by atoms with Gasteiger partial charge in [0.05, 0.1) is 17.4 Å². The van der Waals surface area contributed by atoms with Crippen LogP contribution in [-0.2, 0) is 32.5 Å². The number of nitrogens with zero attached hydrogens (tertiary/aromatic N) is 1. The second-order valence-corrected chi connectivity index (χ2v) is 13.1. The second-order valence-electron chi connectivity index (χ2n) is 11.2. The molecular formula is C30H42N4O4S. The third-order valence-corrected chi connectivity index (χ3v) is 9.44. The van der Waals surface area contributed by atoms with Crippen LogP contribution in [0, 0.1) is 12.8 Å². The lowest BCUT2D eigenvalue weighted by molar-refractivity contribution is -0.132. The first-order valence-electron chi connectivity index (χ1n) is 14.1. The van der Waals surface area contributed by atoms with Crippen molar-refractivity contribution < 1.29 is 18.0 Å². The molecule has 8 nitrogen and oxygen atoms in total. The van der Waals surface area contributed by atoms with Gasteiger partial charge in [-0.15, -0.1) is 0 Å². The Morgan fingerprint density at radius 3 is 2.67 bits per heavy atom. The van der Waals surface area contributed by atoms with E-state index in [-0.39, 0.29) is 36.4 Å². The molecule has 2 aromatic carbocycles. The van der Waals surface area contributed by atoms with Crippen molar-refractivity contribution in [2.24, 2.45) is 5.92 Å². The lowest BCUT2D eigenvalue weighted by Gasteiger charge is -2.34. The Morgan fingerprint density at radius 1 is 1.15 bits per heavy atom. The number of rotatable bonds is 11. The molecule has 0 spiro atoms. The molecule has 2 amide bonds. The summed E-state index contributed by atoms with van der Waals surface area (Å²) in [5.41, 5.74) is 4.63. The van der Waals surface area contributed by atoms with E-state index in [1.54, 1.807) is 24.3 Å². The molecule has 0 bridgehead atoms. The summed E-state index contributed by atoms with van der Waals surface area (Å²) in [5, 5.41) is 9.32.